The van der Waals surface area contributed by atoms with E-state index in [0.29, 0.717) is 17.3 Å². The van der Waals surface area contributed by atoms with Crippen molar-refractivity contribution in [2.75, 3.05) is 0 Å². The number of nitrogens with zero attached hydrogens (tertiary/aromatic N) is 2. The van der Waals surface area contributed by atoms with Gasteiger partial charge in [0.1, 0.15) is 5.82 Å². The molecule has 1 aliphatic rings. The normalized spacial score (nSPS) is 14.3. The molecule has 1 aliphatic carbocycles. The van der Waals surface area contributed by atoms with Crippen molar-refractivity contribution in [1.82, 2.24) is 9.97 Å². The van der Waals surface area contributed by atoms with Crippen molar-refractivity contribution >= 4 is 5.69 Å². The van der Waals surface area contributed by atoms with Gasteiger partial charge in [0.25, 0.3) is 11.2 Å². The van der Waals surface area contributed by atoms with Gasteiger partial charge in [-0.05, 0) is 25.0 Å². The summed E-state index contributed by atoms with van der Waals surface area (Å²) in [4.78, 5) is 28.8. The first kappa shape index (κ1) is 11.6. The van der Waals surface area contributed by atoms with Crippen LogP contribution in [0, 0.1) is 10.1 Å². The van der Waals surface area contributed by atoms with Crippen LogP contribution in [0.25, 0.3) is 11.4 Å². The van der Waals surface area contributed by atoms with E-state index in [1.165, 1.54) is 18.2 Å². The van der Waals surface area contributed by atoms with Gasteiger partial charge in [0.2, 0.25) is 0 Å². The molecule has 0 atom stereocenters. The Morgan fingerprint density at radius 3 is 2.53 bits per heavy atom. The van der Waals surface area contributed by atoms with E-state index in [2.05, 4.69) is 9.97 Å². The van der Waals surface area contributed by atoms with E-state index in [1.807, 2.05) is 0 Å². The van der Waals surface area contributed by atoms with Crippen molar-refractivity contribution < 1.29 is 4.92 Å². The van der Waals surface area contributed by atoms with Crippen LogP contribution in [0.15, 0.2) is 35.1 Å². The largest absolute Gasteiger partial charge is 0.307 e. The maximum absolute atomic E-state index is 11.6. The van der Waals surface area contributed by atoms with Gasteiger partial charge in [0, 0.05) is 29.7 Å². The van der Waals surface area contributed by atoms with Crippen molar-refractivity contribution in [2.24, 2.45) is 0 Å². The summed E-state index contributed by atoms with van der Waals surface area (Å²) in [5.74, 6) is 0.850. The third-order valence-electron chi connectivity index (χ3n) is 3.11. The smallest absolute Gasteiger partial charge is 0.269 e. The molecule has 3 rings (SSSR count). The first-order valence-electron chi connectivity index (χ1n) is 5.99. The zero-order chi connectivity index (χ0) is 13.4. The van der Waals surface area contributed by atoms with E-state index in [1.54, 1.807) is 12.1 Å². The number of hydrogen-bond donors (Lipinski definition) is 1. The number of nitrogens with one attached hydrogen (secondary N) is 1. The van der Waals surface area contributed by atoms with Crippen molar-refractivity contribution in [3.8, 4) is 11.4 Å². The highest BCUT2D eigenvalue weighted by Gasteiger charge is 2.25. The summed E-state index contributed by atoms with van der Waals surface area (Å²) in [6.07, 6.45) is 2.13. The molecule has 0 saturated heterocycles. The Bertz CT molecular complexity index is 687. The lowest BCUT2D eigenvalue weighted by atomic mass is 10.2. The molecule has 96 valence electrons. The number of non-ortho nitro benzene ring substituents is 1. The molecule has 0 unspecified atom stereocenters. The second kappa shape index (κ2) is 4.31. The summed E-state index contributed by atoms with van der Waals surface area (Å²) >= 11 is 0. The van der Waals surface area contributed by atoms with E-state index >= 15 is 0 Å². The second-order valence-corrected chi connectivity index (χ2v) is 4.60. The van der Waals surface area contributed by atoms with Crippen LogP contribution >= 0.6 is 0 Å². The molecule has 6 nitrogen and oxygen atoms in total. The Kier molecular flexibility index (Phi) is 2.63. The molecule has 1 heterocycles. The van der Waals surface area contributed by atoms with E-state index in [0.717, 1.165) is 18.5 Å². The molecule has 19 heavy (non-hydrogen) atoms. The standard InChI is InChI=1S/C13H11N3O3/c17-12-7-11(8-1-2-8)14-13(15-12)9-3-5-10(6-4-9)16(18)19/h3-8H,1-2H2,(H,14,15,17). The van der Waals surface area contributed by atoms with Crippen LogP contribution in [0.4, 0.5) is 5.69 Å². The third-order valence-corrected chi connectivity index (χ3v) is 3.11. The van der Waals surface area contributed by atoms with E-state index in [4.69, 9.17) is 0 Å². The number of nitro benzene ring substituents is 1. The summed E-state index contributed by atoms with van der Waals surface area (Å²) < 4.78 is 0. The monoisotopic (exact) mass is 257 g/mol. The number of aromatic amines is 1. The molecule has 2 aromatic rings. The lowest BCUT2D eigenvalue weighted by Gasteiger charge is -2.03. The van der Waals surface area contributed by atoms with Gasteiger partial charge in [-0.15, -0.1) is 0 Å². The average Bonchev–Trinajstić information content (AvgIpc) is 3.22. The first-order chi connectivity index (χ1) is 9.13. The van der Waals surface area contributed by atoms with E-state index < -0.39 is 4.92 Å². The summed E-state index contributed by atoms with van der Waals surface area (Å²) in [6.45, 7) is 0. The van der Waals surface area contributed by atoms with Crippen LogP contribution in [0.1, 0.15) is 24.5 Å². The van der Waals surface area contributed by atoms with Crippen LogP contribution in [-0.2, 0) is 0 Å². The number of hydrogen-bond acceptors (Lipinski definition) is 4. The minimum absolute atomic E-state index is 0.0180. The third kappa shape index (κ3) is 2.37. The lowest BCUT2D eigenvalue weighted by Crippen LogP contribution is -2.09. The Morgan fingerprint density at radius 1 is 1.26 bits per heavy atom. The minimum atomic E-state index is -0.458. The van der Waals surface area contributed by atoms with Gasteiger partial charge >= 0.3 is 0 Å². The van der Waals surface area contributed by atoms with E-state index in [-0.39, 0.29) is 11.2 Å². The van der Waals surface area contributed by atoms with Crippen LogP contribution in [0.2, 0.25) is 0 Å². The minimum Gasteiger partial charge on any atom is -0.307 e. The van der Waals surface area contributed by atoms with Crippen LogP contribution in [0.5, 0.6) is 0 Å². The number of nitro groups is 1. The number of H-pyrrole nitrogens is 1. The fraction of sp³-hybridized carbons (Fsp3) is 0.231. The van der Waals surface area contributed by atoms with Gasteiger partial charge in [-0.2, -0.15) is 0 Å². The van der Waals surface area contributed by atoms with Crippen molar-refractivity contribution in [3.05, 3.63) is 56.5 Å². The molecule has 0 radical (unpaired) electrons. The van der Waals surface area contributed by atoms with Crippen molar-refractivity contribution in [1.29, 1.82) is 0 Å². The van der Waals surface area contributed by atoms with Crippen LogP contribution < -0.4 is 5.56 Å². The maximum Gasteiger partial charge on any atom is 0.269 e. The molecule has 1 aromatic heterocycles. The van der Waals surface area contributed by atoms with Gasteiger partial charge in [0.05, 0.1) is 10.6 Å². The molecular formula is C13H11N3O3. The highest BCUT2D eigenvalue weighted by Crippen LogP contribution is 2.38. The zero-order valence-electron chi connectivity index (χ0n) is 10.00. The Morgan fingerprint density at radius 2 is 1.95 bits per heavy atom. The molecule has 0 amide bonds. The van der Waals surface area contributed by atoms with Gasteiger partial charge < -0.3 is 4.98 Å². The van der Waals surface area contributed by atoms with Gasteiger partial charge in [-0.1, -0.05) is 0 Å². The SMILES string of the molecule is O=c1cc(C2CC2)nc(-c2ccc([N+](=O)[O-])cc2)[nH]1. The summed E-state index contributed by atoms with van der Waals surface area (Å²) in [7, 11) is 0. The van der Waals surface area contributed by atoms with Crippen LogP contribution in [0.3, 0.4) is 0 Å². The maximum atomic E-state index is 11.6. The van der Waals surface area contributed by atoms with Crippen LogP contribution in [-0.4, -0.2) is 14.9 Å². The molecule has 1 aromatic carbocycles. The topological polar surface area (TPSA) is 88.9 Å². The van der Waals surface area contributed by atoms with Crippen molar-refractivity contribution in [3.63, 3.8) is 0 Å². The number of aromatic nitrogens is 2. The molecule has 1 saturated carbocycles. The second-order valence-electron chi connectivity index (χ2n) is 4.60. The Labute approximate surface area is 108 Å². The number of rotatable bonds is 3. The fourth-order valence-electron chi connectivity index (χ4n) is 1.94. The van der Waals surface area contributed by atoms with Gasteiger partial charge in [-0.25, -0.2) is 4.98 Å². The summed E-state index contributed by atoms with van der Waals surface area (Å²) in [5, 5.41) is 10.6. The van der Waals surface area contributed by atoms with Crippen molar-refractivity contribution in [2.45, 2.75) is 18.8 Å². The van der Waals surface area contributed by atoms with Gasteiger partial charge in [0.15, 0.2) is 0 Å². The Hall–Kier alpha value is -2.50. The predicted octanol–water partition coefficient (Wildman–Crippen LogP) is 2.22. The average molecular weight is 257 g/mol. The number of benzene rings is 1. The highest BCUT2D eigenvalue weighted by molar-refractivity contribution is 5.57. The molecule has 6 heteroatoms. The predicted molar refractivity (Wildman–Crippen MR) is 68.9 cm³/mol. The quantitative estimate of drug-likeness (QED) is 0.674. The molecule has 1 N–H and O–H groups in total. The molecule has 0 bridgehead atoms. The lowest BCUT2D eigenvalue weighted by molar-refractivity contribution is -0.384. The fourth-order valence-corrected chi connectivity index (χ4v) is 1.94. The highest BCUT2D eigenvalue weighted by atomic mass is 16.6. The summed E-state index contributed by atoms with van der Waals surface area (Å²) in [5.41, 5.74) is 1.30. The molecular weight excluding hydrogens is 246 g/mol. The van der Waals surface area contributed by atoms with Gasteiger partial charge in [-0.3, -0.25) is 14.9 Å². The molecule has 0 aliphatic heterocycles. The molecule has 0 spiro atoms. The Balaban J connectivity index is 2.01. The summed E-state index contributed by atoms with van der Waals surface area (Å²) in [6, 6.07) is 7.50. The zero-order valence-corrected chi connectivity index (χ0v) is 10.00. The molecule has 1 fully saturated rings. The first-order valence-corrected chi connectivity index (χ1v) is 5.99. The van der Waals surface area contributed by atoms with E-state index in [9.17, 15) is 14.9 Å².